The number of carbonyl (C=O) groups is 1. The van der Waals surface area contributed by atoms with E-state index in [0.29, 0.717) is 5.69 Å². The largest absolute Gasteiger partial charge is 0.397 e. The Morgan fingerprint density at radius 2 is 2.11 bits per heavy atom. The molecule has 0 aliphatic carbocycles. The lowest BCUT2D eigenvalue weighted by atomic mass is 10.2. The van der Waals surface area contributed by atoms with Crippen molar-refractivity contribution in [2.75, 3.05) is 11.1 Å². The summed E-state index contributed by atoms with van der Waals surface area (Å²) >= 11 is 0. The summed E-state index contributed by atoms with van der Waals surface area (Å²) in [5, 5.41) is 2.46. The first-order valence-corrected chi connectivity index (χ1v) is 5.35. The fraction of sp³-hybridized carbons (Fsp3) is 0.0769. The molecule has 4 nitrogen and oxygen atoms in total. The zero-order valence-electron chi connectivity index (χ0n) is 9.77. The van der Waals surface area contributed by atoms with Crippen molar-refractivity contribution in [2.24, 2.45) is 0 Å². The number of pyridine rings is 1. The van der Waals surface area contributed by atoms with Gasteiger partial charge in [0.25, 0.3) is 5.91 Å². The lowest BCUT2D eigenvalue weighted by molar-refractivity contribution is 0.102. The number of anilines is 2. The van der Waals surface area contributed by atoms with E-state index in [2.05, 4.69) is 10.3 Å². The van der Waals surface area contributed by atoms with E-state index < -0.39 is 11.7 Å². The molecular formula is C13H12FN3O. The van der Waals surface area contributed by atoms with Gasteiger partial charge < -0.3 is 11.1 Å². The molecule has 0 saturated heterocycles. The minimum absolute atomic E-state index is 0.129. The van der Waals surface area contributed by atoms with Crippen LogP contribution in [-0.4, -0.2) is 10.9 Å². The minimum Gasteiger partial charge on any atom is -0.397 e. The molecule has 1 aromatic carbocycles. The van der Waals surface area contributed by atoms with Gasteiger partial charge in [0.1, 0.15) is 11.5 Å². The molecule has 1 heterocycles. The van der Waals surface area contributed by atoms with Crippen molar-refractivity contribution < 1.29 is 9.18 Å². The van der Waals surface area contributed by atoms with Gasteiger partial charge in [-0.1, -0.05) is 6.07 Å². The molecule has 5 heteroatoms. The highest BCUT2D eigenvalue weighted by Crippen LogP contribution is 2.16. The van der Waals surface area contributed by atoms with Crippen molar-refractivity contribution in [1.29, 1.82) is 0 Å². The quantitative estimate of drug-likeness (QED) is 0.853. The summed E-state index contributed by atoms with van der Waals surface area (Å²) in [5.41, 5.74) is 7.03. The number of rotatable bonds is 2. The number of nitrogens with one attached hydrogen (secondary N) is 1. The molecule has 1 amide bonds. The van der Waals surface area contributed by atoms with Crippen LogP contribution < -0.4 is 11.1 Å². The molecule has 0 aliphatic rings. The van der Waals surface area contributed by atoms with E-state index in [1.54, 1.807) is 19.1 Å². The van der Waals surface area contributed by atoms with Gasteiger partial charge in [0.15, 0.2) is 0 Å². The Balaban J connectivity index is 2.18. The average molecular weight is 245 g/mol. The molecule has 92 valence electrons. The number of hydrogen-bond donors (Lipinski definition) is 2. The van der Waals surface area contributed by atoms with Crippen LogP contribution in [0.1, 0.15) is 16.1 Å². The summed E-state index contributed by atoms with van der Waals surface area (Å²) in [7, 11) is 0. The van der Waals surface area contributed by atoms with Crippen LogP contribution in [0.15, 0.2) is 36.5 Å². The number of amides is 1. The predicted molar refractivity (Wildman–Crippen MR) is 67.7 cm³/mol. The highest BCUT2D eigenvalue weighted by atomic mass is 19.1. The van der Waals surface area contributed by atoms with Crippen molar-refractivity contribution in [2.45, 2.75) is 6.92 Å². The van der Waals surface area contributed by atoms with Gasteiger partial charge in [-0.2, -0.15) is 0 Å². The Hall–Kier alpha value is -2.43. The first-order chi connectivity index (χ1) is 8.56. The van der Waals surface area contributed by atoms with Gasteiger partial charge in [0.05, 0.1) is 17.6 Å². The monoisotopic (exact) mass is 245 g/mol. The highest BCUT2D eigenvalue weighted by Gasteiger charge is 2.10. The van der Waals surface area contributed by atoms with Crippen molar-refractivity contribution in [3.8, 4) is 0 Å². The number of nitrogen functional groups attached to an aromatic ring is 1. The number of nitrogens with zero attached hydrogens (tertiary/aromatic N) is 1. The van der Waals surface area contributed by atoms with Crippen LogP contribution in [0.4, 0.5) is 15.8 Å². The fourth-order valence-electron chi connectivity index (χ4n) is 1.45. The molecule has 0 bridgehead atoms. The van der Waals surface area contributed by atoms with Gasteiger partial charge in [0.2, 0.25) is 0 Å². The highest BCUT2D eigenvalue weighted by molar-refractivity contribution is 6.03. The standard InChI is InChI=1S/C13H12FN3O/c1-8-2-4-11(10(14)6-8)17-13(18)12-5-3-9(15)7-16-12/h2-7H,15H2,1H3,(H,17,18). The van der Waals surface area contributed by atoms with Crippen molar-refractivity contribution >= 4 is 17.3 Å². The third-order valence-electron chi connectivity index (χ3n) is 2.39. The van der Waals surface area contributed by atoms with E-state index in [9.17, 15) is 9.18 Å². The lowest BCUT2D eigenvalue weighted by Crippen LogP contribution is -2.14. The minimum atomic E-state index is -0.474. The number of halogens is 1. The maximum Gasteiger partial charge on any atom is 0.274 e. The summed E-state index contributed by atoms with van der Waals surface area (Å²) < 4.78 is 13.5. The Morgan fingerprint density at radius 1 is 1.33 bits per heavy atom. The molecular weight excluding hydrogens is 233 g/mol. The van der Waals surface area contributed by atoms with Gasteiger partial charge in [-0.15, -0.1) is 0 Å². The van der Waals surface area contributed by atoms with Crippen LogP contribution in [0.5, 0.6) is 0 Å². The molecule has 0 fully saturated rings. The zero-order chi connectivity index (χ0) is 13.1. The second-order valence-corrected chi connectivity index (χ2v) is 3.91. The summed E-state index contributed by atoms with van der Waals surface area (Å²) in [6, 6.07) is 7.63. The summed E-state index contributed by atoms with van der Waals surface area (Å²) in [6.45, 7) is 1.77. The van der Waals surface area contributed by atoms with Crippen LogP contribution in [-0.2, 0) is 0 Å². The van der Waals surface area contributed by atoms with Gasteiger partial charge in [-0.3, -0.25) is 4.79 Å². The number of aryl methyl sites for hydroxylation is 1. The molecule has 3 N–H and O–H groups in total. The Labute approximate surface area is 104 Å². The Bertz CT molecular complexity index is 581. The average Bonchev–Trinajstić information content (AvgIpc) is 2.33. The van der Waals surface area contributed by atoms with E-state index in [0.717, 1.165) is 5.56 Å². The zero-order valence-corrected chi connectivity index (χ0v) is 9.77. The Morgan fingerprint density at radius 3 is 2.72 bits per heavy atom. The van der Waals surface area contributed by atoms with E-state index >= 15 is 0 Å². The molecule has 2 aromatic rings. The Kier molecular flexibility index (Phi) is 3.23. The van der Waals surface area contributed by atoms with Crippen LogP contribution in [0.25, 0.3) is 0 Å². The molecule has 0 saturated carbocycles. The molecule has 0 aliphatic heterocycles. The molecule has 1 aromatic heterocycles. The third-order valence-corrected chi connectivity index (χ3v) is 2.39. The number of hydrogen-bond acceptors (Lipinski definition) is 3. The molecule has 0 radical (unpaired) electrons. The van der Waals surface area contributed by atoms with Crippen molar-refractivity contribution in [1.82, 2.24) is 4.98 Å². The first-order valence-electron chi connectivity index (χ1n) is 5.35. The smallest absolute Gasteiger partial charge is 0.274 e. The summed E-state index contributed by atoms with van der Waals surface area (Å²) in [4.78, 5) is 15.6. The maximum absolute atomic E-state index is 13.5. The van der Waals surface area contributed by atoms with Crippen LogP contribution in [0, 0.1) is 12.7 Å². The second-order valence-electron chi connectivity index (χ2n) is 3.91. The van der Waals surface area contributed by atoms with Crippen molar-refractivity contribution in [3.05, 3.63) is 53.6 Å². The number of aromatic nitrogens is 1. The first kappa shape index (κ1) is 12.0. The van der Waals surface area contributed by atoms with Gasteiger partial charge in [-0.25, -0.2) is 9.37 Å². The van der Waals surface area contributed by atoms with Crippen molar-refractivity contribution in [3.63, 3.8) is 0 Å². The van der Waals surface area contributed by atoms with Gasteiger partial charge in [-0.05, 0) is 36.8 Å². The molecule has 0 spiro atoms. The summed E-state index contributed by atoms with van der Waals surface area (Å²) in [6.07, 6.45) is 1.38. The topological polar surface area (TPSA) is 68.0 Å². The molecule has 18 heavy (non-hydrogen) atoms. The second kappa shape index (κ2) is 4.83. The van der Waals surface area contributed by atoms with E-state index in [-0.39, 0.29) is 11.4 Å². The van der Waals surface area contributed by atoms with Crippen LogP contribution in [0.3, 0.4) is 0 Å². The van der Waals surface area contributed by atoms with Gasteiger partial charge in [0, 0.05) is 0 Å². The number of carbonyl (C=O) groups excluding carboxylic acids is 1. The van der Waals surface area contributed by atoms with E-state index in [1.165, 1.54) is 24.4 Å². The predicted octanol–water partition coefficient (Wildman–Crippen LogP) is 2.36. The van der Waals surface area contributed by atoms with Crippen LogP contribution in [0.2, 0.25) is 0 Å². The fourth-order valence-corrected chi connectivity index (χ4v) is 1.45. The number of benzene rings is 1. The third kappa shape index (κ3) is 2.63. The normalized spacial score (nSPS) is 10.1. The molecule has 0 unspecified atom stereocenters. The maximum atomic E-state index is 13.5. The summed E-state index contributed by atoms with van der Waals surface area (Å²) in [5.74, 6) is -0.948. The molecule has 2 rings (SSSR count). The lowest BCUT2D eigenvalue weighted by Gasteiger charge is -2.06. The number of nitrogens with two attached hydrogens (primary N) is 1. The van der Waals surface area contributed by atoms with Crippen LogP contribution >= 0.6 is 0 Å². The van der Waals surface area contributed by atoms with E-state index in [4.69, 9.17) is 5.73 Å². The molecule has 0 atom stereocenters. The van der Waals surface area contributed by atoms with Gasteiger partial charge >= 0.3 is 0 Å². The SMILES string of the molecule is Cc1ccc(NC(=O)c2ccc(N)cn2)c(F)c1. The van der Waals surface area contributed by atoms with E-state index in [1.807, 2.05) is 0 Å².